The summed E-state index contributed by atoms with van der Waals surface area (Å²) < 4.78 is 5.43. The van der Waals surface area contributed by atoms with E-state index in [0.717, 1.165) is 21.9 Å². The van der Waals surface area contributed by atoms with E-state index in [-0.39, 0.29) is 24.4 Å². The molecule has 136 valence electrons. The molecule has 6 heteroatoms. The van der Waals surface area contributed by atoms with Crippen molar-refractivity contribution >= 4 is 29.3 Å². The summed E-state index contributed by atoms with van der Waals surface area (Å²) in [4.78, 5) is 27.3. The quantitative estimate of drug-likeness (QED) is 0.847. The van der Waals surface area contributed by atoms with Crippen molar-refractivity contribution in [1.82, 2.24) is 5.32 Å². The summed E-state index contributed by atoms with van der Waals surface area (Å²) >= 11 is 1.51. The Kier molecular flexibility index (Phi) is 5.83. The molecular formula is C20H22N2O3S. The van der Waals surface area contributed by atoms with Gasteiger partial charge in [-0.3, -0.25) is 9.59 Å². The predicted molar refractivity (Wildman–Crippen MR) is 104 cm³/mol. The summed E-state index contributed by atoms with van der Waals surface area (Å²) in [6.45, 7) is 4.51. The Balaban J connectivity index is 1.64. The van der Waals surface area contributed by atoms with Crippen molar-refractivity contribution in [2.75, 3.05) is 23.8 Å². The summed E-state index contributed by atoms with van der Waals surface area (Å²) in [5.74, 6) is 0.945. The molecular weight excluding hydrogens is 348 g/mol. The first kappa shape index (κ1) is 18.3. The van der Waals surface area contributed by atoms with Crippen molar-refractivity contribution in [3.05, 3.63) is 54.1 Å². The lowest BCUT2D eigenvalue weighted by molar-refractivity contribution is -0.123. The molecule has 0 aliphatic carbocycles. The number of carbonyl (C=O) groups excluding carboxylic acids is 2. The molecule has 1 aliphatic rings. The van der Waals surface area contributed by atoms with E-state index >= 15 is 0 Å². The van der Waals surface area contributed by atoms with Gasteiger partial charge in [-0.05, 0) is 43.7 Å². The Morgan fingerprint density at radius 3 is 2.69 bits per heavy atom. The second-order valence-electron chi connectivity index (χ2n) is 6.03. The first-order chi connectivity index (χ1) is 12.6. The highest BCUT2D eigenvalue weighted by molar-refractivity contribution is 8.00. The topological polar surface area (TPSA) is 58.6 Å². The van der Waals surface area contributed by atoms with Crippen molar-refractivity contribution in [1.29, 1.82) is 0 Å². The zero-order chi connectivity index (χ0) is 18.5. The van der Waals surface area contributed by atoms with Gasteiger partial charge in [-0.25, -0.2) is 0 Å². The number of amides is 2. The molecule has 1 aliphatic heterocycles. The van der Waals surface area contributed by atoms with Gasteiger partial charge in [0.05, 0.1) is 24.1 Å². The van der Waals surface area contributed by atoms with Crippen LogP contribution in [-0.2, 0) is 9.59 Å². The van der Waals surface area contributed by atoms with Gasteiger partial charge in [-0.1, -0.05) is 24.3 Å². The van der Waals surface area contributed by atoms with Gasteiger partial charge in [0.1, 0.15) is 12.3 Å². The largest absolute Gasteiger partial charge is 0.494 e. The lowest BCUT2D eigenvalue weighted by Gasteiger charge is -2.28. The average Bonchev–Trinajstić information content (AvgIpc) is 2.65. The molecule has 2 amide bonds. The fourth-order valence-corrected chi connectivity index (χ4v) is 3.80. The number of nitrogens with zero attached hydrogens (tertiary/aromatic N) is 1. The fraction of sp³-hybridized carbons (Fsp3) is 0.300. The number of hydrogen-bond donors (Lipinski definition) is 1. The van der Waals surface area contributed by atoms with Crippen LogP contribution in [0, 0.1) is 0 Å². The predicted octanol–water partition coefficient (Wildman–Crippen LogP) is 3.40. The third kappa shape index (κ3) is 4.19. The number of nitrogens with one attached hydrogen (secondary N) is 1. The SMILES string of the molecule is CCOc1ccc(C(C)NC(=O)CN2C(=O)CSc3ccccc32)cc1. The van der Waals surface area contributed by atoms with Crippen molar-refractivity contribution in [2.45, 2.75) is 24.8 Å². The van der Waals surface area contributed by atoms with E-state index in [2.05, 4.69) is 5.32 Å². The third-order valence-electron chi connectivity index (χ3n) is 4.18. The second kappa shape index (κ2) is 8.27. The summed E-state index contributed by atoms with van der Waals surface area (Å²) in [5, 5.41) is 2.97. The van der Waals surface area contributed by atoms with Crippen molar-refractivity contribution in [2.24, 2.45) is 0 Å². The molecule has 0 saturated heterocycles. The number of benzene rings is 2. The highest BCUT2D eigenvalue weighted by atomic mass is 32.2. The summed E-state index contributed by atoms with van der Waals surface area (Å²) in [6.07, 6.45) is 0. The van der Waals surface area contributed by atoms with E-state index < -0.39 is 0 Å². The highest BCUT2D eigenvalue weighted by Gasteiger charge is 2.26. The van der Waals surface area contributed by atoms with E-state index in [4.69, 9.17) is 4.74 Å². The molecule has 0 aromatic heterocycles. The number of para-hydroxylation sites is 1. The Hall–Kier alpha value is -2.47. The van der Waals surface area contributed by atoms with Gasteiger partial charge in [0, 0.05) is 4.90 Å². The molecule has 2 aromatic rings. The molecule has 1 N–H and O–H groups in total. The van der Waals surface area contributed by atoms with Gasteiger partial charge in [-0.2, -0.15) is 0 Å². The third-order valence-corrected chi connectivity index (χ3v) is 5.23. The summed E-state index contributed by atoms with van der Waals surface area (Å²) in [7, 11) is 0. The minimum atomic E-state index is -0.179. The van der Waals surface area contributed by atoms with Crippen LogP contribution in [-0.4, -0.2) is 30.7 Å². The molecule has 3 rings (SSSR count). The number of fused-ring (bicyclic) bond motifs is 1. The maximum atomic E-state index is 12.5. The van der Waals surface area contributed by atoms with Crippen molar-refractivity contribution in [3.8, 4) is 5.75 Å². The van der Waals surface area contributed by atoms with Gasteiger partial charge in [0.25, 0.3) is 0 Å². The van der Waals surface area contributed by atoms with E-state index in [1.54, 1.807) is 4.90 Å². The number of anilines is 1. The maximum Gasteiger partial charge on any atom is 0.240 e. The van der Waals surface area contributed by atoms with Crippen LogP contribution in [0.4, 0.5) is 5.69 Å². The molecule has 1 heterocycles. The number of rotatable bonds is 6. The van der Waals surface area contributed by atoms with Crippen LogP contribution in [0.25, 0.3) is 0 Å². The lowest BCUT2D eigenvalue weighted by Crippen LogP contribution is -2.43. The van der Waals surface area contributed by atoms with Crippen LogP contribution in [0.2, 0.25) is 0 Å². The molecule has 1 atom stereocenters. The van der Waals surface area contributed by atoms with Crippen LogP contribution in [0.3, 0.4) is 0 Å². The van der Waals surface area contributed by atoms with Crippen LogP contribution < -0.4 is 15.0 Å². The summed E-state index contributed by atoms with van der Waals surface area (Å²) in [5.41, 5.74) is 1.79. The zero-order valence-corrected chi connectivity index (χ0v) is 15.7. The van der Waals surface area contributed by atoms with Crippen LogP contribution in [0.5, 0.6) is 5.75 Å². The standard InChI is InChI=1S/C20H22N2O3S/c1-3-25-16-10-8-15(9-11-16)14(2)21-19(23)12-22-17-6-4-5-7-18(17)26-13-20(22)24/h4-11,14H,3,12-13H2,1-2H3,(H,21,23). The monoisotopic (exact) mass is 370 g/mol. The molecule has 0 bridgehead atoms. The molecule has 0 radical (unpaired) electrons. The van der Waals surface area contributed by atoms with Crippen molar-refractivity contribution in [3.63, 3.8) is 0 Å². The van der Waals surface area contributed by atoms with Crippen molar-refractivity contribution < 1.29 is 14.3 Å². The van der Waals surface area contributed by atoms with Crippen LogP contribution >= 0.6 is 11.8 Å². The molecule has 0 spiro atoms. The lowest BCUT2D eigenvalue weighted by atomic mass is 10.1. The van der Waals surface area contributed by atoms with Gasteiger partial charge in [0.2, 0.25) is 11.8 Å². The van der Waals surface area contributed by atoms with E-state index in [9.17, 15) is 9.59 Å². The zero-order valence-electron chi connectivity index (χ0n) is 14.9. The Morgan fingerprint density at radius 1 is 1.23 bits per heavy atom. The first-order valence-corrected chi connectivity index (χ1v) is 9.61. The number of ether oxygens (including phenoxy) is 1. The highest BCUT2D eigenvalue weighted by Crippen LogP contribution is 2.34. The molecule has 0 saturated carbocycles. The minimum Gasteiger partial charge on any atom is -0.494 e. The van der Waals surface area contributed by atoms with Gasteiger partial charge in [0.15, 0.2) is 0 Å². The molecule has 0 fully saturated rings. The van der Waals surface area contributed by atoms with Gasteiger partial charge >= 0.3 is 0 Å². The Bertz CT molecular complexity index is 792. The van der Waals surface area contributed by atoms with Crippen LogP contribution in [0.15, 0.2) is 53.4 Å². The Morgan fingerprint density at radius 2 is 1.96 bits per heavy atom. The molecule has 5 nitrogen and oxygen atoms in total. The van der Waals surface area contributed by atoms with E-state index in [0.29, 0.717) is 12.4 Å². The molecule has 26 heavy (non-hydrogen) atoms. The second-order valence-corrected chi connectivity index (χ2v) is 7.04. The van der Waals surface area contributed by atoms with E-state index in [1.807, 2.05) is 62.4 Å². The number of carbonyl (C=O) groups is 2. The maximum absolute atomic E-state index is 12.5. The Labute approximate surface area is 157 Å². The number of hydrogen-bond acceptors (Lipinski definition) is 4. The average molecular weight is 370 g/mol. The van der Waals surface area contributed by atoms with Gasteiger partial charge < -0.3 is 15.0 Å². The fourth-order valence-electron chi connectivity index (χ4n) is 2.86. The van der Waals surface area contributed by atoms with Crippen LogP contribution in [0.1, 0.15) is 25.5 Å². The smallest absolute Gasteiger partial charge is 0.240 e. The normalized spacial score (nSPS) is 14.5. The minimum absolute atomic E-state index is 0.0256. The number of thioether (sulfide) groups is 1. The first-order valence-electron chi connectivity index (χ1n) is 8.62. The molecule has 2 aromatic carbocycles. The molecule has 1 unspecified atom stereocenters. The summed E-state index contributed by atoms with van der Waals surface area (Å²) in [6, 6.07) is 15.2. The van der Waals surface area contributed by atoms with Gasteiger partial charge in [-0.15, -0.1) is 11.8 Å². The van der Waals surface area contributed by atoms with E-state index in [1.165, 1.54) is 11.8 Å².